The van der Waals surface area contributed by atoms with Gasteiger partial charge in [-0.15, -0.1) is 0 Å². The first-order chi connectivity index (χ1) is 9.12. The molecule has 0 amide bonds. The van der Waals surface area contributed by atoms with Crippen molar-refractivity contribution >= 4 is 0 Å². The highest BCUT2D eigenvalue weighted by Crippen LogP contribution is 2.25. The van der Waals surface area contributed by atoms with Crippen molar-refractivity contribution in [1.29, 1.82) is 0 Å². The Balaban J connectivity index is 2.82. The molecule has 3 heteroatoms. The van der Waals surface area contributed by atoms with E-state index in [0.717, 1.165) is 25.2 Å². The van der Waals surface area contributed by atoms with Crippen LogP contribution in [0.1, 0.15) is 31.4 Å². The van der Waals surface area contributed by atoms with Gasteiger partial charge in [-0.1, -0.05) is 31.5 Å². The van der Waals surface area contributed by atoms with Crippen molar-refractivity contribution in [3.8, 4) is 5.75 Å². The van der Waals surface area contributed by atoms with Crippen LogP contribution < -0.4 is 16.2 Å². The summed E-state index contributed by atoms with van der Waals surface area (Å²) in [6.07, 6.45) is 2.00. The second kappa shape index (κ2) is 8.18. The number of ether oxygens (including phenoxy) is 1. The zero-order valence-corrected chi connectivity index (χ0v) is 12.5. The second-order valence-electron chi connectivity index (χ2n) is 5.37. The van der Waals surface area contributed by atoms with Crippen molar-refractivity contribution in [2.75, 3.05) is 19.7 Å². The molecule has 0 aromatic heterocycles. The first-order valence-electron chi connectivity index (χ1n) is 7.24. The van der Waals surface area contributed by atoms with E-state index in [1.807, 2.05) is 0 Å². The summed E-state index contributed by atoms with van der Waals surface area (Å²) in [5, 5.41) is 0. The van der Waals surface area contributed by atoms with Crippen LogP contribution in [0, 0.1) is 18.8 Å². The number of hydrogen-bond acceptors (Lipinski definition) is 3. The first kappa shape index (κ1) is 16.0. The van der Waals surface area contributed by atoms with E-state index in [1.165, 1.54) is 11.1 Å². The lowest BCUT2D eigenvalue weighted by Gasteiger charge is -2.22. The fourth-order valence-electron chi connectivity index (χ4n) is 2.29. The van der Waals surface area contributed by atoms with Crippen LogP contribution in [0.15, 0.2) is 18.2 Å². The van der Waals surface area contributed by atoms with E-state index >= 15 is 0 Å². The number of nitrogens with two attached hydrogens (primary N) is 2. The summed E-state index contributed by atoms with van der Waals surface area (Å²) in [4.78, 5) is 0. The molecule has 0 saturated carbocycles. The van der Waals surface area contributed by atoms with E-state index in [1.54, 1.807) is 0 Å². The molecule has 1 aromatic rings. The molecule has 0 heterocycles. The van der Waals surface area contributed by atoms with Gasteiger partial charge in [0.25, 0.3) is 0 Å². The highest BCUT2D eigenvalue weighted by Gasteiger charge is 2.16. The van der Waals surface area contributed by atoms with Gasteiger partial charge in [-0.05, 0) is 56.3 Å². The Bertz CT molecular complexity index is 375. The lowest BCUT2D eigenvalue weighted by atomic mass is 9.87. The van der Waals surface area contributed by atoms with Crippen LogP contribution in [0.25, 0.3) is 0 Å². The summed E-state index contributed by atoms with van der Waals surface area (Å²) in [6.45, 7) is 8.51. The van der Waals surface area contributed by atoms with Gasteiger partial charge in [-0.3, -0.25) is 0 Å². The van der Waals surface area contributed by atoms with Gasteiger partial charge in [0.15, 0.2) is 0 Å². The predicted molar refractivity (Wildman–Crippen MR) is 81.4 cm³/mol. The third kappa shape index (κ3) is 4.84. The average molecular weight is 264 g/mol. The molecule has 1 atom stereocenters. The van der Waals surface area contributed by atoms with E-state index in [2.05, 4.69) is 39.0 Å². The van der Waals surface area contributed by atoms with Gasteiger partial charge >= 0.3 is 0 Å². The Morgan fingerprint density at radius 3 is 2.47 bits per heavy atom. The van der Waals surface area contributed by atoms with Crippen LogP contribution in [0.4, 0.5) is 0 Å². The third-order valence-corrected chi connectivity index (χ3v) is 3.63. The normalized spacial score (nSPS) is 12.7. The van der Waals surface area contributed by atoms with Gasteiger partial charge in [-0.2, -0.15) is 0 Å². The maximum atomic E-state index is 5.83. The van der Waals surface area contributed by atoms with Crippen molar-refractivity contribution < 1.29 is 4.74 Å². The Hall–Kier alpha value is -1.06. The molecule has 3 nitrogen and oxygen atoms in total. The highest BCUT2D eigenvalue weighted by molar-refractivity contribution is 5.37. The van der Waals surface area contributed by atoms with E-state index in [0.29, 0.717) is 24.9 Å². The van der Waals surface area contributed by atoms with Crippen molar-refractivity contribution in [1.82, 2.24) is 0 Å². The molecule has 1 unspecified atom stereocenters. The predicted octanol–water partition coefficient (Wildman–Crippen LogP) is 2.50. The van der Waals surface area contributed by atoms with Gasteiger partial charge in [0, 0.05) is 0 Å². The summed E-state index contributed by atoms with van der Waals surface area (Å²) in [7, 11) is 0. The summed E-state index contributed by atoms with van der Waals surface area (Å²) in [5.74, 6) is 1.85. The van der Waals surface area contributed by atoms with Crippen LogP contribution in [0.5, 0.6) is 5.75 Å². The van der Waals surface area contributed by atoms with Crippen LogP contribution in [0.3, 0.4) is 0 Å². The molecule has 108 valence electrons. The minimum absolute atomic E-state index is 0.375. The monoisotopic (exact) mass is 264 g/mol. The zero-order chi connectivity index (χ0) is 14.3. The van der Waals surface area contributed by atoms with Crippen molar-refractivity contribution in [3.05, 3.63) is 29.3 Å². The van der Waals surface area contributed by atoms with E-state index in [4.69, 9.17) is 16.2 Å². The lowest BCUT2D eigenvalue weighted by molar-refractivity contribution is 0.307. The van der Waals surface area contributed by atoms with Gasteiger partial charge < -0.3 is 16.2 Å². The molecule has 0 bridgehead atoms. The standard InChI is InChI=1S/C16H28N2O/c1-4-7-19-16-6-5-12(2)8-14(16)9-13(3)15(10-17)11-18/h5-6,8,13,15H,4,7,9-11,17-18H2,1-3H3. The Labute approximate surface area is 117 Å². The molecule has 1 aromatic carbocycles. The minimum atomic E-state index is 0.375. The Kier molecular flexibility index (Phi) is 6.89. The summed E-state index contributed by atoms with van der Waals surface area (Å²) in [5.41, 5.74) is 14.1. The number of rotatable bonds is 8. The average Bonchev–Trinajstić information content (AvgIpc) is 2.39. The topological polar surface area (TPSA) is 61.3 Å². The smallest absolute Gasteiger partial charge is 0.122 e. The molecular formula is C16H28N2O. The molecule has 0 aliphatic carbocycles. The van der Waals surface area contributed by atoms with Crippen LogP contribution in [0.2, 0.25) is 0 Å². The number of hydrogen-bond donors (Lipinski definition) is 2. The molecule has 0 fully saturated rings. The molecule has 1 rings (SSSR count). The van der Waals surface area contributed by atoms with Gasteiger partial charge in [0.05, 0.1) is 6.61 Å². The maximum Gasteiger partial charge on any atom is 0.122 e. The molecule has 4 N–H and O–H groups in total. The molecule has 0 radical (unpaired) electrons. The Morgan fingerprint density at radius 2 is 1.89 bits per heavy atom. The lowest BCUT2D eigenvalue weighted by Crippen LogP contribution is -2.30. The van der Waals surface area contributed by atoms with Gasteiger partial charge in [0.1, 0.15) is 5.75 Å². The summed E-state index contributed by atoms with van der Waals surface area (Å²) in [6, 6.07) is 6.39. The third-order valence-electron chi connectivity index (χ3n) is 3.63. The quantitative estimate of drug-likeness (QED) is 0.758. The van der Waals surface area contributed by atoms with Crippen molar-refractivity contribution in [2.45, 2.75) is 33.6 Å². The number of benzene rings is 1. The van der Waals surface area contributed by atoms with Crippen molar-refractivity contribution in [3.63, 3.8) is 0 Å². The largest absolute Gasteiger partial charge is 0.493 e. The summed E-state index contributed by atoms with van der Waals surface area (Å²) >= 11 is 0. The SMILES string of the molecule is CCCOc1ccc(C)cc1CC(C)C(CN)CN. The van der Waals surface area contributed by atoms with E-state index in [-0.39, 0.29) is 0 Å². The highest BCUT2D eigenvalue weighted by atomic mass is 16.5. The fourth-order valence-corrected chi connectivity index (χ4v) is 2.29. The first-order valence-corrected chi connectivity index (χ1v) is 7.24. The van der Waals surface area contributed by atoms with Crippen molar-refractivity contribution in [2.24, 2.45) is 23.3 Å². The molecule has 0 saturated heterocycles. The molecule has 0 spiro atoms. The van der Waals surface area contributed by atoms with E-state index in [9.17, 15) is 0 Å². The summed E-state index contributed by atoms with van der Waals surface area (Å²) < 4.78 is 5.83. The number of aryl methyl sites for hydroxylation is 1. The minimum Gasteiger partial charge on any atom is -0.493 e. The van der Waals surface area contributed by atoms with Crippen LogP contribution in [-0.4, -0.2) is 19.7 Å². The zero-order valence-electron chi connectivity index (χ0n) is 12.5. The van der Waals surface area contributed by atoms with Crippen LogP contribution >= 0.6 is 0 Å². The second-order valence-corrected chi connectivity index (χ2v) is 5.37. The van der Waals surface area contributed by atoms with Gasteiger partial charge in [0.2, 0.25) is 0 Å². The van der Waals surface area contributed by atoms with E-state index < -0.39 is 0 Å². The van der Waals surface area contributed by atoms with Gasteiger partial charge in [-0.25, -0.2) is 0 Å². The fraction of sp³-hybridized carbons (Fsp3) is 0.625. The van der Waals surface area contributed by atoms with Crippen LogP contribution in [-0.2, 0) is 6.42 Å². The molecule has 0 aliphatic heterocycles. The molecule has 19 heavy (non-hydrogen) atoms. The molecular weight excluding hydrogens is 236 g/mol. The molecule has 0 aliphatic rings. The maximum absolute atomic E-state index is 5.83. The Morgan fingerprint density at radius 1 is 1.21 bits per heavy atom.